The predicted molar refractivity (Wildman–Crippen MR) is 81.4 cm³/mol. The van der Waals surface area contributed by atoms with E-state index in [1.54, 1.807) is 7.11 Å². The molecule has 2 rings (SSSR count). The van der Waals surface area contributed by atoms with Gasteiger partial charge < -0.3 is 14.0 Å². The van der Waals surface area contributed by atoms with Crippen LogP contribution in [0.3, 0.4) is 0 Å². The first kappa shape index (κ1) is 15.3. The highest BCUT2D eigenvalue weighted by Gasteiger charge is 2.15. The van der Waals surface area contributed by atoms with E-state index in [0.29, 0.717) is 19.8 Å². The van der Waals surface area contributed by atoms with Crippen molar-refractivity contribution in [2.24, 2.45) is 0 Å². The van der Waals surface area contributed by atoms with E-state index < -0.39 is 0 Å². The second kappa shape index (κ2) is 7.07. The van der Waals surface area contributed by atoms with Gasteiger partial charge in [0, 0.05) is 13.7 Å². The van der Waals surface area contributed by atoms with E-state index in [2.05, 4.69) is 28.6 Å². The van der Waals surface area contributed by atoms with Crippen molar-refractivity contribution >= 4 is 22.6 Å². The Morgan fingerprint density at radius 1 is 1.30 bits per heavy atom. The molecule has 0 saturated carbocycles. The molecule has 0 N–H and O–H groups in total. The van der Waals surface area contributed by atoms with Crippen LogP contribution in [0.4, 0.5) is 0 Å². The molecule has 0 aliphatic carbocycles. The number of rotatable bonds is 7. The molecule has 0 radical (unpaired) electrons. The Morgan fingerprint density at radius 2 is 2.10 bits per heavy atom. The molecule has 5 heteroatoms. The highest BCUT2D eigenvalue weighted by Crippen LogP contribution is 2.26. The average Bonchev–Trinajstić information content (AvgIpc) is 2.79. The van der Waals surface area contributed by atoms with Gasteiger partial charge in [-0.05, 0) is 25.5 Å². The van der Waals surface area contributed by atoms with Crippen LogP contribution in [0.2, 0.25) is 0 Å². The van der Waals surface area contributed by atoms with Crippen LogP contribution in [0, 0.1) is 6.92 Å². The van der Waals surface area contributed by atoms with Crippen LogP contribution in [0.25, 0.3) is 11.0 Å². The Morgan fingerprint density at radius 3 is 2.80 bits per heavy atom. The van der Waals surface area contributed by atoms with Gasteiger partial charge >= 0.3 is 0 Å². The Balaban J connectivity index is 2.21. The lowest BCUT2D eigenvalue weighted by Crippen LogP contribution is -2.12. The van der Waals surface area contributed by atoms with E-state index in [-0.39, 0.29) is 5.38 Å². The minimum absolute atomic E-state index is 0.124. The molecule has 0 spiro atoms. The maximum atomic E-state index is 6.25. The summed E-state index contributed by atoms with van der Waals surface area (Å²) in [6.07, 6.45) is 0. The molecular weight excluding hydrogens is 276 g/mol. The van der Waals surface area contributed by atoms with E-state index in [1.807, 2.05) is 13.0 Å². The molecule has 4 nitrogen and oxygen atoms in total. The lowest BCUT2D eigenvalue weighted by Gasteiger charge is -2.11. The molecule has 110 valence electrons. The van der Waals surface area contributed by atoms with Gasteiger partial charge in [-0.25, -0.2) is 4.98 Å². The number of hydrogen-bond acceptors (Lipinski definition) is 3. The molecule has 1 heterocycles. The van der Waals surface area contributed by atoms with Crippen LogP contribution < -0.4 is 0 Å². The van der Waals surface area contributed by atoms with Crippen molar-refractivity contribution < 1.29 is 9.47 Å². The summed E-state index contributed by atoms with van der Waals surface area (Å²) in [7, 11) is 1.67. The Labute approximate surface area is 124 Å². The zero-order valence-corrected chi connectivity index (χ0v) is 13.0. The number of aryl methyl sites for hydroxylation is 1. The molecule has 0 saturated heterocycles. The summed E-state index contributed by atoms with van der Waals surface area (Å²) >= 11 is 6.25. The van der Waals surface area contributed by atoms with Crippen LogP contribution in [-0.4, -0.2) is 36.5 Å². The highest BCUT2D eigenvalue weighted by molar-refractivity contribution is 6.20. The van der Waals surface area contributed by atoms with Crippen molar-refractivity contribution in [3.05, 3.63) is 29.6 Å². The molecule has 0 fully saturated rings. The fourth-order valence-electron chi connectivity index (χ4n) is 2.24. The van der Waals surface area contributed by atoms with Crippen molar-refractivity contribution in [3.8, 4) is 0 Å². The third kappa shape index (κ3) is 3.32. The zero-order valence-electron chi connectivity index (χ0n) is 12.2. The first-order valence-corrected chi connectivity index (χ1v) is 7.25. The number of ether oxygens (including phenoxy) is 2. The minimum atomic E-state index is -0.124. The maximum absolute atomic E-state index is 6.25. The number of benzene rings is 1. The zero-order chi connectivity index (χ0) is 14.5. The number of methoxy groups -OCH3 is 1. The van der Waals surface area contributed by atoms with E-state index in [0.717, 1.165) is 23.4 Å². The number of fused-ring (bicyclic) bond motifs is 1. The SMILES string of the molecule is COCCOCCn1c(C(C)Cl)nc2c(C)cccc21. The van der Waals surface area contributed by atoms with Gasteiger partial charge in [0.1, 0.15) is 5.82 Å². The van der Waals surface area contributed by atoms with Crippen molar-refractivity contribution in [1.82, 2.24) is 9.55 Å². The van der Waals surface area contributed by atoms with Gasteiger partial charge in [-0.15, -0.1) is 11.6 Å². The summed E-state index contributed by atoms with van der Waals surface area (Å²) in [6, 6.07) is 6.19. The van der Waals surface area contributed by atoms with Gasteiger partial charge in [-0.1, -0.05) is 12.1 Å². The summed E-state index contributed by atoms with van der Waals surface area (Å²) in [4.78, 5) is 4.68. The summed E-state index contributed by atoms with van der Waals surface area (Å²) < 4.78 is 12.7. The molecule has 0 bridgehead atoms. The quantitative estimate of drug-likeness (QED) is 0.581. The molecular formula is C15H21ClN2O2. The molecule has 0 aliphatic rings. The van der Waals surface area contributed by atoms with Crippen molar-refractivity contribution in [1.29, 1.82) is 0 Å². The Bertz CT molecular complexity index is 566. The molecule has 20 heavy (non-hydrogen) atoms. The topological polar surface area (TPSA) is 36.3 Å². The van der Waals surface area contributed by atoms with Crippen molar-refractivity contribution in [3.63, 3.8) is 0 Å². The van der Waals surface area contributed by atoms with Crippen LogP contribution in [0.1, 0.15) is 23.7 Å². The number of aromatic nitrogens is 2. The molecule has 0 aliphatic heterocycles. The van der Waals surface area contributed by atoms with Crippen LogP contribution >= 0.6 is 11.6 Å². The first-order chi connectivity index (χ1) is 9.65. The van der Waals surface area contributed by atoms with Gasteiger partial charge in [0.25, 0.3) is 0 Å². The smallest absolute Gasteiger partial charge is 0.127 e. The lowest BCUT2D eigenvalue weighted by atomic mass is 10.2. The largest absolute Gasteiger partial charge is 0.382 e. The summed E-state index contributed by atoms with van der Waals surface area (Å²) in [5.74, 6) is 0.895. The van der Waals surface area contributed by atoms with E-state index in [1.165, 1.54) is 5.56 Å². The lowest BCUT2D eigenvalue weighted by molar-refractivity contribution is 0.0667. The molecule has 1 aromatic heterocycles. The number of halogens is 1. The number of nitrogens with zero attached hydrogens (tertiary/aromatic N) is 2. The summed E-state index contributed by atoms with van der Waals surface area (Å²) in [6.45, 7) is 6.60. The fraction of sp³-hybridized carbons (Fsp3) is 0.533. The second-order valence-electron chi connectivity index (χ2n) is 4.79. The first-order valence-electron chi connectivity index (χ1n) is 6.81. The number of hydrogen-bond donors (Lipinski definition) is 0. The van der Waals surface area contributed by atoms with E-state index in [9.17, 15) is 0 Å². The summed E-state index contributed by atoms with van der Waals surface area (Å²) in [5.41, 5.74) is 3.30. The standard InChI is InChI=1S/C15H21ClN2O2/c1-11-5-4-6-13-14(11)17-15(12(2)16)18(13)7-8-20-10-9-19-3/h4-6,12H,7-10H2,1-3H3. The van der Waals surface area contributed by atoms with Crippen LogP contribution in [-0.2, 0) is 16.0 Å². The number of imidazole rings is 1. The van der Waals surface area contributed by atoms with Crippen LogP contribution in [0.15, 0.2) is 18.2 Å². The molecule has 2 aromatic rings. The molecule has 1 atom stereocenters. The van der Waals surface area contributed by atoms with E-state index in [4.69, 9.17) is 21.1 Å². The Kier molecular flexibility index (Phi) is 5.40. The van der Waals surface area contributed by atoms with Gasteiger partial charge in [0.15, 0.2) is 0 Å². The third-order valence-electron chi connectivity index (χ3n) is 3.26. The normalized spacial score (nSPS) is 13.0. The van der Waals surface area contributed by atoms with Crippen molar-refractivity contribution in [2.75, 3.05) is 26.9 Å². The van der Waals surface area contributed by atoms with Crippen molar-refractivity contribution in [2.45, 2.75) is 25.8 Å². The van der Waals surface area contributed by atoms with E-state index >= 15 is 0 Å². The average molecular weight is 297 g/mol. The van der Waals surface area contributed by atoms with Gasteiger partial charge in [0.2, 0.25) is 0 Å². The number of para-hydroxylation sites is 1. The third-order valence-corrected chi connectivity index (χ3v) is 3.45. The summed E-state index contributed by atoms with van der Waals surface area (Å²) in [5, 5.41) is -0.124. The van der Waals surface area contributed by atoms with Gasteiger partial charge in [-0.2, -0.15) is 0 Å². The molecule has 1 unspecified atom stereocenters. The monoisotopic (exact) mass is 296 g/mol. The van der Waals surface area contributed by atoms with Crippen LogP contribution in [0.5, 0.6) is 0 Å². The fourth-order valence-corrected chi connectivity index (χ4v) is 2.41. The van der Waals surface area contributed by atoms with Gasteiger partial charge in [-0.3, -0.25) is 0 Å². The number of alkyl halides is 1. The minimum Gasteiger partial charge on any atom is -0.382 e. The Hall–Kier alpha value is -1.10. The highest BCUT2D eigenvalue weighted by atomic mass is 35.5. The second-order valence-corrected chi connectivity index (χ2v) is 5.44. The maximum Gasteiger partial charge on any atom is 0.127 e. The van der Waals surface area contributed by atoms with Gasteiger partial charge in [0.05, 0.1) is 36.2 Å². The predicted octanol–water partition coefficient (Wildman–Crippen LogP) is 3.31. The molecule has 1 aromatic carbocycles. The molecule has 0 amide bonds.